The van der Waals surface area contributed by atoms with Crippen molar-refractivity contribution in [1.82, 2.24) is 20.5 Å². The first-order chi connectivity index (χ1) is 17.1. The molecule has 0 radical (unpaired) electrons. The predicted molar refractivity (Wildman–Crippen MR) is 129 cm³/mol. The Hall–Kier alpha value is -2.68. The fourth-order valence-corrected chi connectivity index (χ4v) is 6.76. The van der Waals surface area contributed by atoms with Crippen LogP contribution in [0.3, 0.4) is 0 Å². The quantitative estimate of drug-likeness (QED) is 0.597. The van der Waals surface area contributed by atoms with Gasteiger partial charge in [-0.1, -0.05) is 34.6 Å². The van der Waals surface area contributed by atoms with Gasteiger partial charge in [-0.25, -0.2) is 4.98 Å². The largest absolute Gasteiger partial charge is 0.471 e. The molecule has 8 nitrogen and oxygen atoms in total. The first kappa shape index (κ1) is 27.4. The maximum atomic E-state index is 13.6. The standard InChI is InChI=1S/C25H32F3N5O3S/c1-23(2,3)19(32-22(36)25(26,27)28)21(35)33-10-13-17(24(13,4)5)18(33)20(34)31-15(9-29)12-6-7-16-14(8-12)30-11-37-16/h11-13,15,17-19H,6-8,10H2,1-5H3,(H,31,34)(H,32,36)/t12?,13-,15?,17-,18-,19+/m0/s1. The van der Waals surface area contributed by atoms with Crippen molar-refractivity contribution in [3.8, 4) is 6.07 Å². The number of nitrogens with one attached hydrogen (secondary N) is 2. The second-order valence-corrected chi connectivity index (χ2v) is 12.9. The molecule has 6 atom stereocenters. The minimum Gasteiger partial charge on any atom is -0.338 e. The van der Waals surface area contributed by atoms with Crippen LogP contribution in [-0.4, -0.2) is 58.5 Å². The number of likely N-dealkylation sites (tertiary alicyclic amines) is 1. The number of aryl methyl sites for hydroxylation is 1. The van der Waals surface area contributed by atoms with Crippen LogP contribution in [-0.2, 0) is 27.2 Å². The lowest BCUT2D eigenvalue weighted by Crippen LogP contribution is -2.61. The summed E-state index contributed by atoms with van der Waals surface area (Å²) in [7, 11) is 0. The fourth-order valence-electron chi connectivity index (χ4n) is 5.95. The van der Waals surface area contributed by atoms with Gasteiger partial charge in [0.2, 0.25) is 11.8 Å². The van der Waals surface area contributed by atoms with Gasteiger partial charge in [-0.3, -0.25) is 14.4 Å². The molecule has 2 heterocycles. The zero-order valence-electron chi connectivity index (χ0n) is 21.5. The van der Waals surface area contributed by atoms with E-state index < -0.39 is 47.4 Å². The molecule has 2 N–H and O–H groups in total. The maximum absolute atomic E-state index is 13.6. The van der Waals surface area contributed by atoms with Gasteiger partial charge in [0.05, 0.1) is 17.3 Å². The summed E-state index contributed by atoms with van der Waals surface area (Å²) >= 11 is 1.57. The van der Waals surface area contributed by atoms with Crippen LogP contribution in [0.15, 0.2) is 5.51 Å². The van der Waals surface area contributed by atoms with E-state index in [0.717, 1.165) is 12.1 Å². The van der Waals surface area contributed by atoms with Crippen LogP contribution < -0.4 is 10.6 Å². The number of carbonyl (C=O) groups is 3. The van der Waals surface area contributed by atoms with Crippen molar-refractivity contribution in [3.63, 3.8) is 0 Å². The molecule has 1 saturated heterocycles. The molecule has 202 valence electrons. The zero-order valence-corrected chi connectivity index (χ0v) is 22.3. The van der Waals surface area contributed by atoms with E-state index in [4.69, 9.17) is 0 Å². The normalized spacial score (nSPS) is 27.8. The Morgan fingerprint density at radius 2 is 1.92 bits per heavy atom. The van der Waals surface area contributed by atoms with Crippen LogP contribution in [0, 0.1) is 39.9 Å². The number of piperidine rings is 1. The Morgan fingerprint density at radius 1 is 1.24 bits per heavy atom. The minimum atomic E-state index is -5.15. The number of aromatic nitrogens is 1. The van der Waals surface area contributed by atoms with Crippen molar-refractivity contribution < 1.29 is 27.6 Å². The van der Waals surface area contributed by atoms with E-state index >= 15 is 0 Å². The average molecular weight is 540 g/mol. The molecule has 1 aromatic rings. The van der Waals surface area contributed by atoms with Crippen molar-refractivity contribution in [2.45, 2.75) is 78.2 Å². The monoisotopic (exact) mass is 539 g/mol. The van der Waals surface area contributed by atoms with Crippen LogP contribution in [0.4, 0.5) is 13.2 Å². The molecule has 0 aromatic carbocycles. The first-order valence-electron chi connectivity index (χ1n) is 12.4. The third-order valence-electron chi connectivity index (χ3n) is 8.24. The van der Waals surface area contributed by atoms with Gasteiger partial charge in [0, 0.05) is 11.4 Å². The first-order valence-corrected chi connectivity index (χ1v) is 13.2. The van der Waals surface area contributed by atoms with E-state index in [0.29, 0.717) is 12.8 Å². The van der Waals surface area contributed by atoms with Crippen molar-refractivity contribution in [2.75, 3.05) is 6.54 Å². The highest BCUT2D eigenvalue weighted by Gasteiger charge is 2.70. The number of carbonyl (C=O) groups excluding carboxylic acids is 3. The van der Waals surface area contributed by atoms with Crippen LogP contribution in [0.2, 0.25) is 0 Å². The Morgan fingerprint density at radius 3 is 2.51 bits per heavy atom. The summed E-state index contributed by atoms with van der Waals surface area (Å²) in [5, 5.41) is 14.6. The van der Waals surface area contributed by atoms with Crippen LogP contribution in [0.5, 0.6) is 0 Å². The van der Waals surface area contributed by atoms with Gasteiger partial charge in [-0.2, -0.15) is 18.4 Å². The summed E-state index contributed by atoms with van der Waals surface area (Å²) in [6.45, 7) is 8.86. The Balaban J connectivity index is 1.54. The van der Waals surface area contributed by atoms with E-state index in [1.807, 2.05) is 19.2 Å². The Kier molecular flexibility index (Phi) is 6.84. The van der Waals surface area contributed by atoms with Crippen LogP contribution in [0.25, 0.3) is 0 Å². The van der Waals surface area contributed by atoms with Crippen molar-refractivity contribution in [3.05, 3.63) is 16.1 Å². The highest BCUT2D eigenvalue weighted by molar-refractivity contribution is 7.09. The van der Waals surface area contributed by atoms with Crippen LogP contribution >= 0.6 is 11.3 Å². The molecule has 0 bridgehead atoms. The highest BCUT2D eigenvalue weighted by Crippen LogP contribution is 2.65. The summed E-state index contributed by atoms with van der Waals surface area (Å²) in [5.41, 5.74) is 1.44. The summed E-state index contributed by atoms with van der Waals surface area (Å²) in [5.74, 6) is -3.74. The molecule has 3 aliphatic rings. The molecule has 0 spiro atoms. The lowest BCUT2D eigenvalue weighted by atomic mass is 9.84. The second-order valence-electron chi connectivity index (χ2n) is 12.0. The number of halogens is 3. The molecule has 1 saturated carbocycles. The molecule has 2 aliphatic carbocycles. The number of hydrogen-bond acceptors (Lipinski definition) is 6. The number of alkyl halides is 3. The number of amides is 3. The maximum Gasteiger partial charge on any atom is 0.471 e. The lowest BCUT2D eigenvalue weighted by Gasteiger charge is -2.38. The number of hydrogen-bond donors (Lipinski definition) is 2. The zero-order chi connectivity index (χ0) is 27.5. The number of rotatable bonds is 5. The summed E-state index contributed by atoms with van der Waals surface area (Å²) < 4.78 is 39.0. The van der Waals surface area contributed by atoms with E-state index in [9.17, 15) is 32.8 Å². The summed E-state index contributed by atoms with van der Waals surface area (Å²) in [6, 6.07) is -1.01. The SMILES string of the molecule is CC(C)(C)[C@H](NC(=O)C(F)(F)F)C(=O)N1C[C@H]2[C@@H]([C@H]1C(=O)NC(C#N)C1CCc3scnc3C1)C2(C)C. The van der Waals surface area contributed by atoms with Crippen LogP contribution in [0.1, 0.15) is 51.6 Å². The average Bonchev–Trinajstić information content (AvgIpc) is 3.21. The van der Waals surface area contributed by atoms with Crippen molar-refractivity contribution in [2.24, 2.45) is 28.6 Å². The van der Waals surface area contributed by atoms with E-state index in [-0.39, 0.29) is 29.7 Å². The van der Waals surface area contributed by atoms with E-state index in [2.05, 4.69) is 16.4 Å². The predicted octanol–water partition coefficient (Wildman–Crippen LogP) is 2.83. The van der Waals surface area contributed by atoms with Gasteiger partial charge in [0.15, 0.2) is 0 Å². The topological polar surface area (TPSA) is 115 Å². The molecule has 37 heavy (non-hydrogen) atoms. The highest BCUT2D eigenvalue weighted by atomic mass is 32.1. The minimum absolute atomic E-state index is 0.00100. The molecule has 12 heteroatoms. The van der Waals surface area contributed by atoms with Crippen molar-refractivity contribution in [1.29, 1.82) is 5.26 Å². The molecule has 1 aromatic heterocycles. The van der Waals surface area contributed by atoms with E-state index in [1.54, 1.807) is 37.6 Å². The molecule has 2 unspecified atom stereocenters. The van der Waals surface area contributed by atoms with Gasteiger partial charge < -0.3 is 15.5 Å². The molecule has 3 amide bonds. The van der Waals surface area contributed by atoms with Gasteiger partial charge in [0.25, 0.3) is 0 Å². The summed E-state index contributed by atoms with van der Waals surface area (Å²) in [6.07, 6.45) is -3.09. The third-order valence-corrected chi connectivity index (χ3v) is 9.17. The fraction of sp³-hybridized carbons (Fsp3) is 0.720. The van der Waals surface area contributed by atoms with Gasteiger partial charge in [-0.05, 0) is 47.8 Å². The number of fused-ring (bicyclic) bond motifs is 2. The van der Waals surface area contributed by atoms with Gasteiger partial charge in [-0.15, -0.1) is 11.3 Å². The smallest absolute Gasteiger partial charge is 0.338 e. The number of nitrogens with zero attached hydrogens (tertiary/aromatic N) is 3. The lowest BCUT2D eigenvalue weighted by molar-refractivity contribution is -0.176. The second kappa shape index (κ2) is 9.26. The number of nitriles is 1. The van der Waals surface area contributed by atoms with E-state index in [1.165, 1.54) is 9.78 Å². The van der Waals surface area contributed by atoms with Crippen molar-refractivity contribution >= 4 is 29.1 Å². The van der Waals surface area contributed by atoms with Gasteiger partial charge in [0.1, 0.15) is 18.1 Å². The Labute approximate surface area is 218 Å². The number of thiazole rings is 1. The third kappa shape index (κ3) is 5.07. The summed E-state index contributed by atoms with van der Waals surface area (Å²) in [4.78, 5) is 45.8. The molecule has 4 rings (SSSR count). The Bertz CT molecular complexity index is 1140. The molecular weight excluding hydrogens is 507 g/mol. The van der Waals surface area contributed by atoms with Gasteiger partial charge >= 0.3 is 12.1 Å². The molecular formula is C25H32F3N5O3S. The molecule has 1 aliphatic heterocycles. The molecule has 2 fully saturated rings.